The number of sulfone groups is 1. The number of rotatable bonds is 7. The van der Waals surface area contributed by atoms with Crippen LogP contribution in [0.1, 0.15) is 40.1 Å². The summed E-state index contributed by atoms with van der Waals surface area (Å²) in [7, 11) is -3.35. The first kappa shape index (κ1) is 19.7. The maximum absolute atomic E-state index is 12.2. The van der Waals surface area contributed by atoms with E-state index in [0.717, 1.165) is 5.56 Å². The van der Waals surface area contributed by atoms with Crippen molar-refractivity contribution in [1.82, 2.24) is 5.32 Å². The van der Waals surface area contributed by atoms with E-state index < -0.39 is 21.0 Å². The fraction of sp³-hybridized carbons (Fsp3) is 0.263. The first-order valence-electron chi connectivity index (χ1n) is 8.22. The molecule has 2 rings (SSSR count). The second kappa shape index (κ2) is 8.14. The van der Waals surface area contributed by atoms with Gasteiger partial charge < -0.3 is 11.1 Å². The van der Waals surface area contributed by atoms with Crippen LogP contribution in [0, 0.1) is 0 Å². The summed E-state index contributed by atoms with van der Waals surface area (Å²) in [6, 6.07) is 12.8. The number of hydrogen-bond acceptors (Lipinski definition) is 4. The molecule has 0 aromatic heterocycles. The fourth-order valence-electron chi connectivity index (χ4n) is 2.37. The third-order valence-electron chi connectivity index (χ3n) is 3.98. The van der Waals surface area contributed by atoms with E-state index in [9.17, 15) is 18.0 Å². The second-order valence-corrected chi connectivity index (χ2v) is 8.69. The number of carbonyl (C=O) groups excluding carboxylic acids is 2. The van der Waals surface area contributed by atoms with Crippen molar-refractivity contribution >= 4 is 21.7 Å². The standard InChI is InChI=1S/C19H22N2O4S/c1-13(2)26(24,25)17-8-6-15(7-9-17)19(23)21-11-10-14-4-3-5-16(12-14)18(20)22/h3-9,12-13H,10-11H2,1-2H3,(H2,20,22)(H,21,23). The normalized spacial score (nSPS) is 11.3. The Bertz CT molecular complexity index is 903. The molecule has 2 aromatic rings. The minimum atomic E-state index is -3.35. The molecule has 0 saturated heterocycles. The van der Waals surface area contributed by atoms with Crippen LogP contribution in [0.15, 0.2) is 53.4 Å². The maximum atomic E-state index is 12.2. The van der Waals surface area contributed by atoms with E-state index >= 15 is 0 Å². The Morgan fingerprint density at radius 3 is 2.27 bits per heavy atom. The number of benzene rings is 2. The maximum Gasteiger partial charge on any atom is 0.251 e. The van der Waals surface area contributed by atoms with Gasteiger partial charge in [-0.1, -0.05) is 12.1 Å². The van der Waals surface area contributed by atoms with Crippen molar-refractivity contribution in [2.45, 2.75) is 30.4 Å². The lowest BCUT2D eigenvalue weighted by Crippen LogP contribution is -2.26. The Hall–Kier alpha value is -2.67. The average Bonchev–Trinajstić information content (AvgIpc) is 2.61. The lowest BCUT2D eigenvalue weighted by molar-refractivity contribution is 0.0952. The highest BCUT2D eigenvalue weighted by Crippen LogP contribution is 2.16. The van der Waals surface area contributed by atoms with Gasteiger partial charge in [0.2, 0.25) is 5.91 Å². The summed E-state index contributed by atoms with van der Waals surface area (Å²) in [5.41, 5.74) is 6.95. The van der Waals surface area contributed by atoms with Gasteiger partial charge >= 0.3 is 0 Å². The van der Waals surface area contributed by atoms with Gasteiger partial charge in [-0.2, -0.15) is 0 Å². The van der Waals surface area contributed by atoms with E-state index in [-0.39, 0.29) is 10.8 Å². The highest BCUT2D eigenvalue weighted by Gasteiger charge is 2.19. The predicted molar refractivity (Wildman–Crippen MR) is 99.8 cm³/mol. The number of nitrogens with one attached hydrogen (secondary N) is 1. The lowest BCUT2D eigenvalue weighted by atomic mass is 10.1. The van der Waals surface area contributed by atoms with E-state index in [1.54, 1.807) is 32.0 Å². The third-order valence-corrected chi connectivity index (χ3v) is 6.15. The fourth-order valence-corrected chi connectivity index (χ4v) is 3.43. The molecule has 0 aliphatic heterocycles. The van der Waals surface area contributed by atoms with Crippen LogP contribution in [0.25, 0.3) is 0 Å². The van der Waals surface area contributed by atoms with E-state index in [1.165, 1.54) is 24.3 Å². The van der Waals surface area contributed by atoms with Crippen LogP contribution in [-0.2, 0) is 16.3 Å². The molecule has 0 bridgehead atoms. The summed E-state index contributed by atoms with van der Waals surface area (Å²) in [6.45, 7) is 3.61. The number of carbonyl (C=O) groups is 2. The molecule has 0 aliphatic rings. The molecule has 0 saturated carbocycles. The minimum Gasteiger partial charge on any atom is -0.366 e. The third kappa shape index (κ3) is 4.70. The van der Waals surface area contributed by atoms with Gasteiger partial charge in [-0.15, -0.1) is 0 Å². The highest BCUT2D eigenvalue weighted by atomic mass is 32.2. The molecule has 7 heteroatoms. The van der Waals surface area contributed by atoms with E-state index in [0.29, 0.717) is 24.1 Å². The Balaban J connectivity index is 1.96. The summed E-state index contributed by atoms with van der Waals surface area (Å²) >= 11 is 0. The molecule has 0 heterocycles. The Morgan fingerprint density at radius 2 is 1.69 bits per heavy atom. The van der Waals surface area contributed by atoms with Crippen LogP contribution in [0.3, 0.4) is 0 Å². The molecular formula is C19H22N2O4S. The molecule has 0 fully saturated rings. The van der Waals surface area contributed by atoms with Crippen LogP contribution in [0.2, 0.25) is 0 Å². The average molecular weight is 374 g/mol. The molecule has 0 spiro atoms. The number of nitrogens with two attached hydrogens (primary N) is 1. The second-order valence-electron chi connectivity index (χ2n) is 6.19. The zero-order chi connectivity index (χ0) is 19.3. The van der Waals surface area contributed by atoms with Crippen LogP contribution >= 0.6 is 0 Å². The lowest BCUT2D eigenvalue weighted by Gasteiger charge is -2.09. The summed E-state index contributed by atoms with van der Waals surface area (Å²) in [5.74, 6) is -0.781. The van der Waals surface area contributed by atoms with Gasteiger partial charge in [-0.3, -0.25) is 9.59 Å². The van der Waals surface area contributed by atoms with Crippen molar-refractivity contribution in [3.8, 4) is 0 Å². The van der Waals surface area contributed by atoms with Crippen molar-refractivity contribution in [2.24, 2.45) is 5.73 Å². The van der Waals surface area contributed by atoms with Crippen LogP contribution < -0.4 is 11.1 Å². The van der Waals surface area contributed by atoms with E-state index in [2.05, 4.69) is 5.32 Å². The van der Waals surface area contributed by atoms with E-state index in [1.807, 2.05) is 6.07 Å². The van der Waals surface area contributed by atoms with Crippen molar-refractivity contribution < 1.29 is 18.0 Å². The molecule has 0 atom stereocenters. The molecule has 3 N–H and O–H groups in total. The van der Waals surface area contributed by atoms with Gasteiger partial charge in [0.15, 0.2) is 9.84 Å². The predicted octanol–water partition coefficient (Wildman–Crippen LogP) is 1.94. The zero-order valence-electron chi connectivity index (χ0n) is 14.7. The molecule has 0 aliphatic carbocycles. The Kier molecular flexibility index (Phi) is 6.15. The summed E-state index contributed by atoms with van der Waals surface area (Å²) in [6.07, 6.45) is 0.548. The number of hydrogen-bond donors (Lipinski definition) is 2. The largest absolute Gasteiger partial charge is 0.366 e. The van der Waals surface area contributed by atoms with Crippen molar-refractivity contribution in [1.29, 1.82) is 0 Å². The van der Waals surface area contributed by atoms with Gasteiger partial charge in [0.25, 0.3) is 5.91 Å². The zero-order valence-corrected chi connectivity index (χ0v) is 15.5. The molecule has 0 unspecified atom stereocenters. The molecule has 26 heavy (non-hydrogen) atoms. The molecule has 0 radical (unpaired) electrons. The summed E-state index contributed by atoms with van der Waals surface area (Å²) < 4.78 is 24.2. The van der Waals surface area contributed by atoms with Gasteiger partial charge in [-0.25, -0.2) is 8.42 Å². The minimum absolute atomic E-state index is 0.201. The number of amides is 2. The molecule has 2 aromatic carbocycles. The smallest absolute Gasteiger partial charge is 0.251 e. The van der Waals surface area contributed by atoms with Crippen LogP contribution in [0.5, 0.6) is 0 Å². The van der Waals surface area contributed by atoms with Crippen molar-refractivity contribution in [2.75, 3.05) is 6.54 Å². The molecule has 2 amide bonds. The van der Waals surface area contributed by atoms with Crippen molar-refractivity contribution in [3.05, 3.63) is 65.2 Å². The highest BCUT2D eigenvalue weighted by molar-refractivity contribution is 7.92. The van der Waals surface area contributed by atoms with Gasteiger partial charge in [0.1, 0.15) is 0 Å². The van der Waals surface area contributed by atoms with Gasteiger partial charge in [0.05, 0.1) is 10.1 Å². The SMILES string of the molecule is CC(C)S(=O)(=O)c1ccc(C(=O)NCCc2cccc(C(N)=O)c2)cc1. The molecular weight excluding hydrogens is 352 g/mol. The first-order valence-corrected chi connectivity index (χ1v) is 9.77. The van der Waals surface area contributed by atoms with Gasteiger partial charge in [-0.05, 0) is 62.2 Å². The summed E-state index contributed by atoms with van der Waals surface area (Å²) in [5, 5.41) is 2.26. The van der Waals surface area contributed by atoms with Gasteiger partial charge in [0, 0.05) is 17.7 Å². The number of primary amides is 1. The van der Waals surface area contributed by atoms with Crippen LogP contribution in [0.4, 0.5) is 0 Å². The topological polar surface area (TPSA) is 106 Å². The van der Waals surface area contributed by atoms with Crippen molar-refractivity contribution in [3.63, 3.8) is 0 Å². The Morgan fingerprint density at radius 1 is 1.04 bits per heavy atom. The first-order chi connectivity index (χ1) is 12.2. The van der Waals surface area contributed by atoms with Crippen LogP contribution in [-0.4, -0.2) is 32.0 Å². The van der Waals surface area contributed by atoms with E-state index in [4.69, 9.17) is 5.73 Å². The summed E-state index contributed by atoms with van der Waals surface area (Å²) in [4.78, 5) is 23.5. The monoisotopic (exact) mass is 374 g/mol. The quantitative estimate of drug-likeness (QED) is 0.772. The Labute approximate surface area is 153 Å². The molecule has 6 nitrogen and oxygen atoms in total. The molecule has 138 valence electrons.